The number of carbonyl (C=O) groups excluding carboxylic acids is 3. The predicted molar refractivity (Wildman–Crippen MR) is 156 cm³/mol. The molecular formula is C31H28BrN3O4. The smallest absolute Gasteiger partial charge is 0.335 e. The quantitative estimate of drug-likeness (QED) is 0.208. The fraction of sp³-hybridized carbons (Fsp3) is 0.194. The number of barbiturate groups is 1. The van der Waals surface area contributed by atoms with E-state index in [4.69, 9.17) is 4.74 Å². The van der Waals surface area contributed by atoms with Crippen LogP contribution in [0.2, 0.25) is 0 Å². The number of amides is 4. The fourth-order valence-electron chi connectivity index (χ4n) is 4.53. The van der Waals surface area contributed by atoms with E-state index in [-0.39, 0.29) is 11.0 Å². The predicted octanol–water partition coefficient (Wildman–Crippen LogP) is 6.45. The summed E-state index contributed by atoms with van der Waals surface area (Å²) in [7, 11) is 0. The van der Waals surface area contributed by atoms with Gasteiger partial charge >= 0.3 is 6.03 Å². The number of carbonyl (C=O) groups is 3. The molecule has 39 heavy (non-hydrogen) atoms. The van der Waals surface area contributed by atoms with Crippen LogP contribution in [0.25, 0.3) is 17.0 Å². The van der Waals surface area contributed by atoms with Gasteiger partial charge in [-0.3, -0.25) is 14.9 Å². The Balaban J connectivity index is 1.39. The molecule has 0 aliphatic carbocycles. The molecule has 2 heterocycles. The highest BCUT2D eigenvalue weighted by Crippen LogP contribution is 2.28. The van der Waals surface area contributed by atoms with Gasteiger partial charge in [0.25, 0.3) is 11.8 Å². The number of rotatable bonds is 6. The van der Waals surface area contributed by atoms with Crippen molar-refractivity contribution in [3.63, 3.8) is 0 Å². The number of aromatic nitrogens is 1. The zero-order valence-electron chi connectivity index (χ0n) is 21.9. The van der Waals surface area contributed by atoms with Gasteiger partial charge in [0.2, 0.25) is 0 Å². The van der Waals surface area contributed by atoms with Gasteiger partial charge in [-0.1, -0.05) is 67.0 Å². The minimum absolute atomic E-state index is 0.0761. The Bertz CT molecular complexity index is 1600. The van der Waals surface area contributed by atoms with Gasteiger partial charge in [-0.25, -0.2) is 9.69 Å². The third kappa shape index (κ3) is 5.52. The summed E-state index contributed by atoms with van der Waals surface area (Å²) in [6.45, 7) is 7.53. The lowest BCUT2D eigenvalue weighted by molar-refractivity contribution is -0.122. The molecule has 5 rings (SSSR count). The molecule has 0 radical (unpaired) electrons. The number of fused-ring (bicyclic) bond motifs is 1. The SMILES string of the molecule is CC(C)(C)c1ccc(OCCn2cc(C=C3C(=O)NC(=O)N(c4ccc(Br)cc4)C3=O)c3ccccc32)cc1. The molecule has 7 nitrogen and oxygen atoms in total. The highest BCUT2D eigenvalue weighted by molar-refractivity contribution is 9.10. The number of urea groups is 1. The first-order chi connectivity index (χ1) is 18.6. The summed E-state index contributed by atoms with van der Waals surface area (Å²) in [5, 5.41) is 3.17. The maximum Gasteiger partial charge on any atom is 0.335 e. The number of halogens is 1. The van der Waals surface area contributed by atoms with Crippen LogP contribution in [0.3, 0.4) is 0 Å². The van der Waals surface area contributed by atoms with Gasteiger partial charge in [-0.05, 0) is 59.5 Å². The number of benzene rings is 3. The molecule has 1 fully saturated rings. The molecular weight excluding hydrogens is 558 g/mol. The van der Waals surface area contributed by atoms with Gasteiger partial charge in [0.15, 0.2) is 0 Å². The van der Waals surface area contributed by atoms with Gasteiger partial charge in [-0.15, -0.1) is 0 Å². The number of nitrogens with one attached hydrogen (secondary N) is 1. The van der Waals surface area contributed by atoms with E-state index in [1.165, 1.54) is 5.56 Å². The van der Waals surface area contributed by atoms with Crippen LogP contribution in [0.15, 0.2) is 89.0 Å². The maximum atomic E-state index is 13.3. The van der Waals surface area contributed by atoms with Crippen LogP contribution in [-0.2, 0) is 21.5 Å². The molecule has 1 aliphatic rings. The van der Waals surface area contributed by atoms with Crippen molar-refractivity contribution >= 4 is 56.4 Å². The van der Waals surface area contributed by atoms with Crippen molar-refractivity contribution < 1.29 is 19.1 Å². The van der Waals surface area contributed by atoms with Crippen LogP contribution in [0, 0.1) is 0 Å². The number of para-hydroxylation sites is 1. The van der Waals surface area contributed by atoms with Crippen molar-refractivity contribution in [1.82, 2.24) is 9.88 Å². The maximum absolute atomic E-state index is 13.3. The van der Waals surface area contributed by atoms with E-state index in [0.29, 0.717) is 24.4 Å². The molecule has 1 aliphatic heterocycles. The van der Waals surface area contributed by atoms with E-state index in [1.807, 2.05) is 47.2 Å². The third-order valence-electron chi connectivity index (χ3n) is 6.63. The molecule has 1 aromatic heterocycles. The zero-order valence-corrected chi connectivity index (χ0v) is 23.5. The Morgan fingerprint density at radius 2 is 1.62 bits per heavy atom. The van der Waals surface area contributed by atoms with Crippen LogP contribution in [0.1, 0.15) is 31.9 Å². The second kappa shape index (κ2) is 10.5. The normalized spacial score (nSPS) is 15.2. The van der Waals surface area contributed by atoms with Gasteiger partial charge in [0, 0.05) is 27.1 Å². The van der Waals surface area contributed by atoms with Crippen LogP contribution in [0.4, 0.5) is 10.5 Å². The number of ether oxygens (including phenoxy) is 1. The zero-order chi connectivity index (χ0) is 27.7. The van der Waals surface area contributed by atoms with Crippen molar-refractivity contribution in [1.29, 1.82) is 0 Å². The summed E-state index contributed by atoms with van der Waals surface area (Å²) in [4.78, 5) is 39.6. The van der Waals surface area contributed by atoms with Crippen molar-refractivity contribution in [3.05, 3.63) is 100 Å². The Morgan fingerprint density at radius 1 is 0.923 bits per heavy atom. The molecule has 3 aromatic carbocycles. The van der Waals surface area contributed by atoms with Crippen LogP contribution in [0.5, 0.6) is 5.75 Å². The molecule has 0 bridgehead atoms. The summed E-state index contributed by atoms with van der Waals surface area (Å²) < 4.78 is 8.84. The molecule has 1 N–H and O–H groups in total. The second-order valence-electron chi connectivity index (χ2n) is 10.4. The van der Waals surface area contributed by atoms with E-state index in [9.17, 15) is 14.4 Å². The summed E-state index contributed by atoms with van der Waals surface area (Å²) in [6, 6.07) is 21.8. The third-order valence-corrected chi connectivity index (χ3v) is 7.16. The largest absolute Gasteiger partial charge is 0.492 e. The number of hydrogen-bond donors (Lipinski definition) is 1. The number of hydrogen-bond acceptors (Lipinski definition) is 4. The molecule has 0 saturated carbocycles. The number of anilines is 1. The summed E-state index contributed by atoms with van der Waals surface area (Å²) in [6.07, 6.45) is 3.44. The molecule has 198 valence electrons. The molecule has 4 amide bonds. The monoisotopic (exact) mass is 585 g/mol. The molecule has 0 atom stereocenters. The van der Waals surface area contributed by atoms with E-state index < -0.39 is 17.8 Å². The lowest BCUT2D eigenvalue weighted by Crippen LogP contribution is -2.54. The highest BCUT2D eigenvalue weighted by atomic mass is 79.9. The van der Waals surface area contributed by atoms with Gasteiger partial charge in [-0.2, -0.15) is 0 Å². The first-order valence-electron chi connectivity index (χ1n) is 12.6. The molecule has 8 heteroatoms. The Hall–Kier alpha value is -4.17. The van der Waals surface area contributed by atoms with Crippen molar-refractivity contribution in [3.8, 4) is 5.75 Å². The van der Waals surface area contributed by atoms with E-state index in [2.05, 4.69) is 54.2 Å². The summed E-state index contributed by atoms with van der Waals surface area (Å²) >= 11 is 3.35. The van der Waals surface area contributed by atoms with Crippen LogP contribution < -0.4 is 15.0 Å². The molecule has 4 aromatic rings. The Labute approximate surface area is 235 Å². The van der Waals surface area contributed by atoms with Gasteiger partial charge < -0.3 is 9.30 Å². The molecule has 0 spiro atoms. The van der Waals surface area contributed by atoms with E-state index in [0.717, 1.165) is 26.0 Å². The van der Waals surface area contributed by atoms with Crippen molar-refractivity contribution in [2.24, 2.45) is 0 Å². The summed E-state index contributed by atoms with van der Waals surface area (Å²) in [5.74, 6) is -0.605. The fourth-order valence-corrected chi connectivity index (χ4v) is 4.79. The molecule has 0 unspecified atom stereocenters. The average molecular weight is 586 g/mol. The topological polar surface area (TPSA) is 80.6 Å². The minimum atomic E-state index is -0.778. The first kappa shape index (κ1) is 26.4. The second-order valence-corrected chi connectivity index (χ2v) is 11.3. The first-order valence-corrected chi connectivity index (χ1v) is 13.4. The number of imide groups is 2. The van der Waals surface area contributed by atoms with Crippen molar-refractivity contribution in [2.45, 2.75) is 32.7 Å². The lowest BCUT2D eigenvalue weighted by Gasteiger charge is -2.26. The number of nitrogens with zero attached hydrogens (tertiary/aromatic N) is 2. The Morgan fingerprint density at radius 3 is 2.31 bits per heavy atom. The lowest BCUT2D eigenvalue weighted by atomic mass is 9.87. The average Bonchev–Trinajstić information content (AvgIpc) is 3.25. The van der Waals surface area contributed by atoms with Crippen LogP contribution in [-0.4, -0.2) is 29.0 Å². The minimum Gasteiger partial charge on any atom is -0.492 e. The van der Waals surface area contributed by atoms with Gasteiger partial charge in [0.1, 0.15) is 17.9 Å². The standard InChI is InChI=1S/C31H28BrN3O4/c1-31(2,3)21-8-14-24(15-9-21)39-17-16-34-19-20(25-6-4-5-7-27(25)34)18-26-28(36)33-30(38)35(29(26)37)23-12-10-22(32)11-13-23/h4-15,18-19H,16-17H2,1-3H3,(H,33,36,38). The highest BCUT2D eigenvalue weighted by Gasteiger charge is 2.37. The Kier molecular flexibility index (Phi) is 7.14. The van der Waals surface area contributed by atoms with E-state index in [1.54, 1.807) is 30.3 Å². The van der Waals surface area contributed by atoms with Crippen molar-refractivity contribution in [2.75, 3.05) is 11.5 Å². The molecule has 1 saturated heterocycles. The van der Waals surface area contributed by atoms with Crippen LogP contribution >= 0.6 is 15.9 Å². The van der Waals surface area contributed by atoms with E-state index >= 15 is 0 Å². The summed E-state index contributed by atoms with van der Waals surface area (Å²) in [5.41, 5.74) is 3.21. The van der Waals surface area contributed by atoms with Gasteiger partial charge in [0.05, 0.1) is 12.2 Å².